The van der Waals surface area contributed by atoms with Gasteiger partial charge in [0.15, 0.2) is 11.6 Å². The number of carboxylic acids is 1. The van der Waals surface area contributed by atoms with Crippen LogP contribution in [0.4, 0.5) is 14.5 Å². The van der Waals surface area contributed by atoms with Crippen molar-refractivity contribution in [3.8, 4) is 0 Å². The summed E-state index contributed by atoms with van der Waals surface area (Å²) in [5, 5.41) is 11.6. The number of hydrogen-bond donors (Lipinski definition) is 2. The minimum Gasteiger partial charge on any atom is -0.478 e. The van der Waals surface area contributed by atoms with Gasteiger partial charge in [-0.2, -0.15) is 0 Å². The summed E-state index contributed by atoms with van der Waals surface area (Å²) in [7, 11) is 0. The minimum absolute atomic E-state index is 0.000988. The van der Waals surface area contributed by atoms with Crippen molar-refractivity contribution in [3.05, 3.63) is 29.3 Å². The van der Waals surface area contributed by atoms with Crippen LogP contribution in [0.2, 0.25) is 0 Å². The van der Waals surface area contributed by atoms with Crippen LogP contribution in [0.5, 0.6) is 0 Å². The van der Waals surface area contributed by atoms with E-state index >= 15 is 0 Å². The maximum atomic E-state index is 13.8. The molecule has 0 amide bonds. The quantitative estimate of drug-likeness (QED) is 0.685. The lowest BCUT2D eigenvalue weighted by Crippen LogP contribution is -2.23. The van der Waals surface area contributed by atoms with Crippen LogP contribution in [0.25, 0.3) is 0 Å². The van der Waals surface area contributed by atoms with Crippen LogP contribution in [0.3, 0.4) is 0 Å². The third-order valence-electron chi connectivity index (χ3n) is 3.53. The van der Waals surface area contributed by atoms with Gasteiger partial charge >= 0.3 is 5.97 Å². The Labute approximate surface area is 124 Å². The van der Waals surface area contributed by atoms with Gasteiger partial charge in [-0.15, -0.1) is 0 Å². The third-order valence-corrected chi connectivity index (χ3v) is 3.53. The molecule has 0 saturated carbocycles. The first-order chi connectivity index (χ1) is 9.78. The Balaban J connectivity index is 2.71. The standard InChI is InChI=1S/C16H23F2NO2/c1-4-5-6-9-16(2,3)10-19-12-8-7-11(15(20)21)13(17)14(12)18/h7-8,19H,4-6,9-10H2,1-3H3,(H,20,21). The molecule has 0 aliphatic carbocycles. The number of benzene rings is 1. The first-order valence-corrected chi connectivity index (χ1v) is 7.23. The molecule has 5 heteroatoms. The minimum atomic E-state index is -1.47. The summed E-state index contributed by atoms with van der Waals surface area (Å²) in [4.78, 5) is 10.7. The van der Waals surface area contributed by atoms with Crippen molar-refractivity contribution >= 4 is 11.7 Å². The van der Waals surface area contributed by atoms with E-state index in [0.717, 1.165) is 31.7 Å². The van der Waals surface area contributed by atoms with Gasteiger partial charge in [0.2, 0.25) is 0 Å². The number of unbranched alkanes of at least 4 members (excludes halogenated alkanes) is 2. The molecule has 1 rings (SSSR count). The lowest BCUT2D eigenvalue weighted by Gasteiger charge is -2.25. The van der Waals surface area contributed by atoms with Crippen LogP contribution in [-0.4, -0.2) is 17.6 Å². The first kappa shape index (κ1) is 17.4. The monoisotopic (exact) mass is 299 g/mol. The molecule has 1 aromatic rings. The van der Waals surface area contributed by atoms with Crippen molar-refractivity contribution in [2.75, 3.05) is 11.9 Å². The highest BCUT2D eigenvalue weighted by Crippen LogP contribution is 2.26. The van der Waals surface area contributed by atoms with Crippen molar-refractivity contribution in [3.63, 3.8) is 0 Å². The van der Waals surface area contributed by atoms with Gasteiger partial charge in [0, 0.05) is 6.54 Å². The van der Waals surface area contributed by atoms with E-state index in [2.05, 4.69) is 26.1 Å². The SMILES string of the molecule is CCCCCC(C)(C)CNc1ccc(C(=O)O)c(F)c1F. The molecule has 3 nitrogen and oxygen atoms in total. The predicted molar refractivity (Wildman–Crippen MR) is 79.7 cm³/mol. The molecule has 0 saturated heterocycles. The van der Waals surface area contributed by atoms with Crippen molar-refractivity contribution in [1.29, 1.82) is 0 Å². The van der Waals surface area contributed by atoms with Gasteiger partial charge in [-0.05, 0) is 24.0 Å². The van der Waals surface area contributed by atoms with Crippen molar-refractivity contribution in [2.45, 2.75) is 46.5 Å². The van der Waals surface area contributed by atoms with E-state index in [1.54, 1.807) is 0 Å². The Kier molecular flexibility index (Phi) is 6.12. The second kappa shape index (κ2) is 7.38. The van der Waals surface area contributed by atoms with Gasteiger partial charge in [0.1, 0.15) is 0 Å². The van der Waals surface area contributed by atoms with E-state index in [1.807, 2.05) is 0 Å². The van der Waals surface area contributed by atoms with Crippen LogP contribution in [-0.2, 0) is 0 Å². The molecular weight excluding hydrogens is 276 g/mol. The number of aromatic carboxylic acids is 1. The van der Waals surface area contributed by atoms with Gasteiger partial charge in [0.25, 0.3) is 0 Å². The Morgan fingerprint density at radius 3 is 2.48 bits per heavy atom. The number of rotatable bonds is 8. The fraction of sp³-hybridized carbons (Fsp3) is 0.562. The molecule has 0 fully saturated rings. The van der Waals surface area contributed by atoms with E-state index in [9.17, 15) is 13.6 Å². The Hall–Kier alpha value is -1.65. The largest absolute Gasteiger partial charge is 0.478 e. The number of hydrogen-bond acceptors (Lipinski definition) is 2. The summed E-state index contributed by atoms with van der Waals surface area (Å²) >= 11 is 0. The lowest BCUT2D eigenvalue weighted by molar-refractivity contribution is 0.0690. The number of halogens is 2. The maximum Gasteiger partial charge on any atom is 0.338 e. The molecule has 0 aromatic heterocycles. The molecule has 0 heterocycles. The summed E-state index contributed by atoms with van der Waals surface area (Å²) in [5.41, 5.74) is -0.690. The number of nitrogens with one attached hydrogen (secondary N) is 1. The maximum absolute atomic E-state index is 13.8. The van der Waals surface area contributed by atoms with Crippen LogP contribution in [0.1, 0.15) is 56.8 Å². The summed E-state index contributed by atoms with van der Waals surface area (Å²) in [6, 6.07) is 2.34. The van der Waals surface area contributed by atoms with E-state index in [1.165, 1.54) is 6.07 Å². The molecular formula is C16H23F2NO2. The zero-order valence-electron chi connectivity index (χ0n) is 12.8. The van der Waals surface area contributed by atoms with Crippen LogP contribution in [0.15, 0.2) is 12.1 Å². The highest BCUT2D eigenvalue weighted by atomic mass is 19.2. The van der Waals surface area contributed by atoms with Gasteiger partial charge in [-0.25, -0.2) is 13.6 Å². The van der Waals surface area contributed by atoms with Crippen molar-refractivity contribution in [1.82, 2.24) is 0 Å². The summed E-state index contributed by atoms with van der Waals surface area (Å²) in [6.07, 6.45) is 4.38. The number of anilines is 1. The fourth-order valence-electron chi connectivity index (χ4n) is 2.13. The molecule has 2 N–H and O–H groups in total. The van der Waals surface area contributed by atoms with Gasteiger partial charge in [0.05, 0.1) is 11.3 Å². The second-order valence-corrected chi connectivity index (χ2v) is 6.07. The first-order valence-electron chi connectivity index (χ1n) is 7.23. The zero-order valence-corrected chi connectivity index (χ0v) is 12.8. The van der Waals surface area contributed by atoms with E-state index in [-0.39, 0.29) is 11.1 Å². The topological polar surface area (TPSA) is 49.3 Å². The Morgan fingerprint density at radius 1 is 1.24 bits per heavy atom. The molecule has 0 bridgehead atoms. The second-order valence-electron chi connectivity index (χ2n) is 6.07. The average molecular weight is 299 g/mol. The third kappa shape index (κ3) is 4.99. The molecule has 1 aromatic carbocycles. The van der Waals surface area contributed by atoms with Crippen molar-refractivity contribution in [2.24, 2.45) is 5.41 Å². The smallest absolute Gasteiger partial charge is 0.338 e. The molecule has 0 unspecified atom stereocenters. The van der Waals surface area contributed by atoms with Crippen LogP contribution in [0, 0.1) is 17.0 Å². The van der Waals surface area contributed by atoms with E-state index in [0.29, 0.717) is 6.54 Å². The van der Waals surface area contributed by atoms with Crippen molar-refractivity contribution < 1.29 is 18.7 Å². The molecule has 0 radical (unpaired) electrons. The van der Waals surface area contributed by atoms with E-state index in [4.69, 9.17) is 5.11 Å². The van der Waals surface area contributed by atoms with E-state index < -0.39 is 23.2 Å². The zero-order chi connectivity index (χ0) is 16.0. The molecule has 0 spiro atoms. The molecule has 118 valence electrons. The number of carbonyl (C=O) groups is 1. The van der Waals surface area contributed by atoms with Gasteiger partial charge in [-0.1, -0.05) is 40.0 Å². The normalized spacial score (nSPS) is 11.5. The molecule has 0 atom stereocenters. The highest BCUT2D eigenvalue weighted by Gasteiger charge is 2.21. The summed E-state index contributed by atoms with van der Waals surface area (Å²) < 4.78 is 27.4. The average Bonchev–Trinajstić information content (AvgIpc) is 2.40. The van der Waals surface area contributed by atoms with Gasteiger partial charge < -0.3 is 10.4 Å². The highest BCUT2D eigenvalue weighted by molar-refractivity contribution is 5.88. The molecule has 21 heavy (non-hydrogen) atoms. The Morgan fingerprint density at radius 2 is 1.90 bits per heavy atom. The predicted octanol–water partition coefficient (Wildman–Crippen LogP) is 4.68. The fourth-order valence-corrected chi connectivity index (χ4v) is 2.13. The summed E-state index contributed by atoms with van der Waals surface area (Å²) in [6.45, 7) is 6.76. The Bertz CT molecular complexity index is 501. The summed E-state index contributed by atoms with van der Waals surface area (Å²) in [5.74, 6) is -3.94. The number of carboxylic acid groups (broad SMARTS) is 1. The lowest BCUT2D eigenvalue weighted by atomic mass is 9.87. The van der Waals surface area contributed by atoms with Crippen LogP contribution < -0.4 is 5.32 Å². The molecule has 0 aliphatic heterocycles. The van der Waals surface area contributed by atoms with Gasteiger partial charge in [-0.3, -0.25) is 0 Å². The molecule has 0 aliphatic rings. The van der Waals surface area contributed by atoms with Crippen LogP contribution >= 0.6 is 0 Å².